The van der Waals surface area contributed by atoms with Gasteiger partial charge < -0.3 is 13.9 Å². The van der Waals surface area contributed by atoms with Gasteiger partial charge in [-0.15, -0.1) is 0 Å². The van der Waals surface area contributed by atoms with Crippen molar-refractivity contribution in [2.45, 2.75) is 77.4 Å². The number of hydrogen-bond acceptors (Lipinski definition) is 7. The number of nitrogens with zero attached hydrogens (tertiary/aromatic N) is 1. The Labute approximate surface area is 183 Å². The summed E-state index contributed by atoms with van der Waals surface area (Å²) in [6.45, 7) is 16.6. The number of hydrogen-bond donors (Lipinski definition) is 0. The second-order valence-electron chi connectivity index (χ2n) is 10.2. The minimum atomic E-state index is -3.73. The van der Waals surface area contributed by atoms with Crippen molar-refractivity contribution < 1.29 is 31.3 Å². The third kappa shape index (κ3) is 8.30. The quantitative estimate of drug-likeness (QED) is 0.322. The second kappa shape index (κ2) is 9.68. The predicted octanol–water partition coefficient (Wildman–Crippen LogP) is 3.55. The molecule has 1 amide bonds. The summed E-state index contributed by atoms with van der Waals surface area (Å²) in [6, 6.07) is -0.418. The Morgan fingerprint density at radius 3 is 2.20 bits per heavy atom. The molecular weight excluding hydrogens is 426 g/mol. The van der Waals surface area contributed by atoms with Crippen molar-refractivity contribution in [1.29, 1.82) is 0 Å². The van der Waals surface area contributed by atoms with Gasteiger partial charge in [-0.3, -0.25) is 9.08 Å². The first-order valence-electron chi connectivity index (χ1n) is 10.1. The van der Waals surface area contributed by atoms with Crippen LogP contribution in [-0.2, 0) is 28.2 Å². The fourth-order valence-corrected chi connectivity index (χ4v) is 4.29. The van der Waals surface area contributed by atoms with Gasteiger partial charge in [-0.25, -0.2) is 4.79 Å². The summed E-state index contributed by atoms with van der Waals surface area (Å²) in [7, 11) is -4.27. The maximum atomic E-state index is 12.9. The van der Waals surface area contributed by atoms with Crippen LogP contribution in [0.1, 0.15) is 41.5 Å². The first-order valence-corrected chi connectivity index (χ1v) is 14.8. The molecule has 10 heteroatoms. The molecule has 0 N–H and O–H groups in total. The van der Waals surface area contributed by atoms with E-state index < -0.39 is 42.3 Å². The van der Waals surface area contributed by atoms with E-state index in [0.29, 0.717) is 5.57 Å². The third-order valence-corrected chi connectivity index (χ3v) is 10.3. The van der Waals surface area contributed by atoms with E-state index in [0.717, 1.165) is 6.26 Å². The van der Waals surface area contributed by atoms with E-state index >= 15 is 0 Å². The van der Waals surface area contributed by atoms with Crippen LogP contribution in [0.25, 0.3) is 0 Å². The van der Waals surface area contributed by atoms with Gasteiger partial charge in [0.2, 0.25) is 0 Å². The minimum absolute atomic E-state index is 0.0133. The lowest BCUT2D eigenvalue weighted by atomic mass is 10.0. The molecule has 2 atom stereocenters. The molecule has 0 saturated carbocycles. The van der Waals surface area contributed by atoms with Crippen LogP contribution >= 0.6 is 0 Å². The molecule has 0 spiro atoms. The zero-order valence-electron chi connectivity index (χ0n) is 20.1. The minimum Gasteiger partial charge on any atom is -0.444 e. The SMILES string of the molecule is COCC1=C[C@@H](CO[Si](C)(C)C(C)(C)C)N(C(=O)OC(C)(C)C)C[C@H]1OS(C)(=O)=O. The maximum Gasteiger partial charge on any atom is 0.410 e. The molecule has 1 heterocycles. The van der Waals surface area contributed by atoms with Gasteiger partial charge in [0.25, 0.3) is 10.1 Å². The molecule has 0 aromatic heterocycles. The second-order valence-corrected chi connectivity index (χ2v) is 16.6. The summed E-state index contributed by atoms with van der Waals surface area (Å²) in [5, 5.41) is 0.0133. The van der Waals surface area contributed by atoms with Gasteiger partial charge in [-0.1, -0.05) is 26.8 Å². The number of ether oxygens (including phenoxy) is 2. The number of rotatable bonds is 7. The number of carbonyl (C=O) groups excluding carboxylic acids is 1. The summed E-state index contributed by atoms with van der Waals surface area (Å²) in [5.41, 5.74) is -0.0300. The van der Waals surface area contributed by atoms with Crippen molar-refractivity contribution >= 4 is 24.5 Å². The van der Waals surface area contributed by atoms with Crippen LogP contribution in [0, 0.1) is 0 Å². The fourth-order valence-electron chi connectivity index (χ4n) is 2.67. The molecule has 1 aliphatic rings. The van der Waals surface area contributed by atoms with Crippen LogP contribution in [0.4, 0.5) is 4.79 Å². The Kier molecular flexibility index (Phi) is 8.74. The van der Waals surface area contributed by atoms with Crippen LogP contribution in [0.2, 0.25) is 18.1 Å². The van der Waals surface area contributed by atoms with E-state index in [1.165, 1.54) is 12.0 Å². The van der Waals surface area contributed by atoms with Gasteiger partial charge >= 0.3 is 6.09 Å². The van der Waals surface area contributed by atoms with Crippen molar-refractivity contribution in [2.75, 3.05) is 33.1 Å². The van der Waals surface area contributed by atoms with Crippen LogP contribution in [0.15, 0.2) is 11.6 Å². The van der Waals surface area contributed by atoms with Crippen LogP contribution in [0.5, 0.6) is 0 Å². The number of methoxy groups -OCH3 is 1. The predicted molar refractivity (Wildman–Crippen MR) is 120 cm³/mol. The van der Waals surface area contributed by atoms with E-state index in [4.69, 9.17) is 18.1 Å². The molecule has 1 rings (SSSR count). The van der Waals surface area contributed by atoms with Crippen molar-refractivity contribution in [3.8, 4) is 0 Å². The summed E-state index contributed by atoms with van der Waals surface area (Å²) in [4.78, 5) is 14.4. The van der Waals surface area contributed by atoms with E-state index in [1.807, 2.05) is 0 Å². The molecule has 0 bridgehead atoms. The van der Waals surface area contributed by atoms with E-state index in [2.05, 4.69) is 33.9 Å². The molecule has 0 saturated heterocycles. The molecule has 0 radical (unpaired) electrons. The third-order valence-electron chi connectivity index (χ3n) is 5.23. The van der Waals surface area contributed by atoms with Gasteiger partial charge in [0.05, 0.1) is 32.1 Å². The Bertz CT molecular complexity index is 735. The standard InChI is InChI=1S/C20H39NO7SSi/c1-19(2,3)27-18(22)21-12-17(28-29(8,23)24)15(13-25-7)11-16(21)14-26-30(9,10)20(4,5)6/h11,16-17H,12-14H2,1-10H3/t16-,17+/m0/s1. The van der Waals surface area contributed by atoms with Gasteiger partial charge in [0.1, 0.15) is 11.7 Å². The molecule has 0 aromatic rings. The van der Waals surface area contributed by atoms with Gasteiger partial charge in [-0.05, 0) is 44.5 Å². The molecule has 176 valence electrons. The molecule has 0 aromatic carbocycles. The van der Waals surface area contributed by atoms with Crippen molar-refractivity contribution in [3.63, 3.8) is 0 Å². The molecule has 30 heavy (non-hydrogen) atoms. The smallest absolute Gasteiger partial charge is 0.410 e. The van der Waals surface area contributed by atoms with E-state index in [9.17, 15) is 13.2 Å². The summed E-state index contributed by atoms with van der Waals surface area (Å²) < 4.78 is 45.9. The molecule has 8 nitrogen and oxygen atoms in total. The highest BCUT2D eigenvalue weighted by Gasteiger charge is 2.41. The normalized spacial score (nSPS) is 21.4. The largest absolute Gasteiger partial charge is 0.444 e. The molecule has 1 aliphatic heterocycles. The summed E-state index contributed by atoms with van der Waals surface area (Å²) in [5.74, 6) is 0. The lowest BCUT2D eigenvalue weighted by molar-refractivity contribution is 0.00397. The summed E-state index contributed by atoms with van der Waals surface area (Å²) in [6.07, 6.45) is 1.42. The van der Waals surface area contributed by atoms with Crippen LogP contribution in [0.3, 0.4) is 0 Å². The topological polar surface area (TPSA) is 91.4 Å². The highest BCUT2D eigenvalue weighted by molar-refractivity contribution is 7.86. The van der Waals surface area contributed by atoms with Crippen molar-refractivity contribution in [2.24, 2.45) is 0 Å². The zero-order valence-corrected chi connectivity index (χ0v) is 21.9. The lowest BCUT2D eigenvalue weighted by Gasteiger charge is -2.41. The maximum absolute atomic E-state index is 12.9. The number of carbonyl (C=O) groups is 1. The first kappa shape index (κ1) is 27.1. The Hall–Kier alpha value is -0.943. The summed E-state index contributed by atoms with van der Waals surface area (Å²) >= 11 is 0. The Balaban J connectivity index is 3.25. The van der Waals surface area contributed by atoms with Crippen LogP contribution < -0.4 is 0 Å². The fraction of sp³-hybridized carbons (Fsp3) is 0.850. The Morgan fingerprint density at radius 2 is 1.77 bits per heavy atom. The van der Waals surface area contributed by atoms with Crippen LogP contribution in [-0.4, -0.2) is 78.6 Å². The highest BCUT2D eigenvalue weighted by Crippen LogP contribution is 2.37. The monoisotopic (exact) mass is 465 g/mol. The van der Waals surface area contributed by atoms with Crippen molar-refractivity contribution in [1.82, 2.24) is 4.90 Å². The number of amides is 1. The highest BCUT2D eigenvalue weighted by atomic mass is 32.2. The molecular formula is C20H39NO7SSi. The first-order chi connectivity index (χ1) is 13.4. The zero-order chi connectivity index (χ0) is 23.5. The molecule has 0 aliphatic carbocycles. The average Bonchev–Trinajstić information content (AvgIpc) is 2.50. The van der Waals surface area contributed by atoms with Gasteiger partial charge in [0.15, 0.2) is 8.32 Å². The van der Waals surface area contributed by atoms with Crippen molar-refractivity contribution in [3.05, 3.63) is 11.6 Å². The Morgan fingerprint density at radius 1 is 1.20 bits per heavy atom. The average molecular weight is 466 g/mol. The van der Waals surface area contributed by atoms with Gasteiger partial charge in [0, 0.05) is 7.11 Å². The lowest BCUT2D eigenvalue weighted by Crippen LogP contribution is -2.54. The van der Waals surface area contributed by atoms with Gasteiger partial charge in [-0.2, -0.15) is 8.42 Å². The molecule has 0 fully saturated rings. The van der Waals surface area contributed by atoms with E-state index in [-0.39, 0.29) is 24.8 Å². The van der Waals surface area contributed by atoms with E-state index in [1.54, 1.807) is 26.8 Å². The molecule has 0 unspecified atom stereocenters.